The maximum absolute atomic E-state index is 9.39. The summed E-state index contributed by atoms with van der Waals surface area (Å²) >= 11 is 0. The summed E-state index contributed by atoms with van der Waals surface area (Å²) in [5.74, 6) is 1.25. The van der Waals surface area contributed by atoms with Gasteiger partial charge in [-0.15, -0.1) is 6.58 Å². The van der Waals surface area contributed by atoms with Crippen LogP contribution in [0.15, 0.2) is 12.7 Å². The Hall–Kier alpha value is -0.300. The van der Waals surface area contributed by atoms with E-state index in [9.17, 15) is 5.11 Å². The summed E-state index contributed by atoms with van der Waals surface area (Å²) in [6.45, 7) is 5.97. The highest BCUT2D eigenvalue weighted by molar-refractivity contribution is 4.85. The molecule has 3 atom stereocenters. The van der Waals surface area contributed by atoms with Crippen molar-refractivity contribution in [3.63, 3.8) is 0 Å². The standard InChI is InChI=1S/C10H18O/c1-3-8(2)9-5-4-6-10(11)7-9/h3,8-11H,1,4-7H2,2H3. The number of hydrogen-bond acceptors (Lipinski definition) is 1. The third kappa shape index (κ3) is 2.33. The molecular formula is C10H18O. The van der Waals surface area contributed by atoms with Gasteiger partial charge in [0.1, 0.15) is 0 Å². The van der Waals surface area contributed by atoms with Crippen LogP contribution >= 0.6 is 0 Å². The van der Waals surface area contributed by atoms with Gasteiger partial charge in [-0.1, -0.05) is 19.4 Å². The van der Waals surface area contributed by atoms with Gasteiger partial charge in [-0.2, -0.15) is 0 Å². The molecule has 3 unspecified atom stereocenters. The topological polar surface area (TPSA) is 20.2 Å². The second-order valence-electron chi connectivity index (χ2n) is 3.68. The first-order chi connectivity index (χ1) is 5.24. The van der Waals surface area contributed by atoms with E-state index >= 15 is 0 Å². The maximum Gasteiger partial charge on any atom is 0.0543 e. The van der Waals surface area contributed by atoms with Crippen molar-refractivity contribution < 1.29 is 5.11 Å². The van der Waals surface area contributed by atoms with Crippen LogP contribution in [-0.2, 0) is 0 Å². The molecule has 0 bridgehead atoms. The molecule has 0 aliphatic heterocycles. The van der Waals surface area contributed by atoms with E-state index in [0.717, 1.165) is 12.8 Å². The molecule has 1 saturated carbocycles. The molecule has 0 aromatic rings. The third-order valence-corrected chi connectivity index (χ3v) is 2.80. The summed E-state index contributed by atoms with van der Waals surface area (Å²) < 4.78 is 0. The summed E-state index contributed by atoms with van der Waals surface area (Å²) in [5.41, 5.74) is 0. The molecule has 0 radical (unpaired) electrons. The minimum Gasteiger partial charge on any atom is -0.393 e. The van der Waals surface area contributed by atoms with Crippen molar-refractivity contribution in [1.29, 1.82) is 0 Å². The van der Waals surface area contributed by atoms with Crippen molar-refractivity contribution in [1.82, 2.24) is 0 Å². The normalized spacial score (nSPS) is 34.7. The maximum atomic E-state index is 9.39. The number of hydrogen-bond donors (Lipinski definition) is 1. The van der Waals surface area contributed by atoms with E-state index < -0.39 is 0 Å². The lowest BCUT2D eigenvalue weighted by molar-refractivity contribution is 0.0900. The first-order valence-electron chi connectivity index (χ1n) is 4.54. The van der Waals surface area contributed by atoms with E-state index in [1.807, 2.05) is 6.08 Å². The van der Waals surface area contributed by atoms with Crippen molar-refractivity contribution in [2.24, 2.45) is 11.8 Å². The molecule has 1 heteroatoms. The van der Waals surface area contributed by atoms with E-state index in [0.29, 0.717) is 11.8 Å². The summed E-state index contributed by atoms with van der Waals surface area (Å²) in [6.07, 6.45) is 6.39. The molecule has 0 spiro atoms. The Morgan fingerprint density at radius 2 is 2.27 bits per heavy atom. The molecule has 0 amide bonds. The molecule has 0 aromatic heterocycles. The second kappa shape index (κ2) is 3.91. The fraction of sp³-hybridized carbons (Fsp3) is 0.800. The second-order valence-corrected chi connectivity index (χ2v) is 3.68. The minimum absolute atomic E-state index is 0.0452. The van der Waals surface area contributed by atoms with Gasteiger partial charge in [0.25, 0.3) is 0 Å². The Labute approximate surface area is 69.1 Å². The molecule has 64 valence electrons. The van der Waals surface area contributed by atoms with Crippen LogP contribution in [0.1, 0.15) is 32.6 Å². The number of allylic oxidation sites excluding steroid dienone is 1. The molecule has 1 rings (SSSR count). The molecule has 1 fully saturated rings. The molecule has 0 saturated heterocycles. The Bertz CT molecular complexity index is 131. The summed E-state index contributed by atoms with van der Waals surface area (Å²) in [5, 5.41) is 9.39. The zero-order chi connectivity index (χ0) is 8.27. The Balaban J connectivity index is 2.38. The van der Waals surface area contributed by atoms with Crippen molar-refractivity contribution >= 4 is 0 Å². The summed E-state index contributed by atoms with van der Waals surface area (Å²) in [4.78, 5) is 0. The molecule has 11 heavy (non-hydrogen) atoms. The average molecular weight is 154 g/mol. The van der Waals surface area contributed by atoms with Crippen LogP contribution < -0.4 is 0 Å². The van der Waals surface area contributed by atoms with Gasteiger partial charge in [0.15, 0.2) is 0 Å². The summed E-state index contributed by atoms with van der Waals surface area (Å²) in [7, 11) is 0. The summed E-state index contributed by atoms with van der Waals surface area (Å²) in [6, 6.07) is 0. The van der Waals surface area contributed by atoms with Gasteiger partial charge in [-0.25, -0.2) is 0 Å². The molecule has 0 heterocycles. The van der Waals surface area contributed by atoms with Crippen LogP contribution in [0.5, 0.6) is 0 Å². The minimum atomic E-state index is -0.0452. The predicted octanol–water partition coefficient (Wildman–Crippen LogP) is 2.36. The monoisotopic (exact) mass is 154 g/mol. The lowest BCUT2D eigenvalue weighted by Crippen LogP contribution is -2.23. The van der Waals surface area contributed by atoms with Gasteiger partial charge in [0, 0.05) is 0 Å². The van der Waals surface area contributed by atoms with Gasteiger partial charge in [0.2, 0.25) is 0 Å². The van der Waals surface area contributed by atoms with E-state index in [4.69, 9.17) is 0 Å². The molecule has 1 aliphatic rings. The highest BCUT2D eigenvalue weighted by Crippen LogP contribution is 2.30. The van der Waals surface area contributed by atoms with Crippen molar-refractivity contribution in [3.8, 4) is 0 Å². The van der Waals surface area contributed by atoms with Crippen molar-refractivity contribution in [2.75, 3.05) is 0 Å². The highest BCUT2D eigenvalue weighted by Gasteiger charge is 2.22. The number of aliphatic hydroxyl groups is 1. The van der Waals surface area contributed by atoms with Crippen LogP contribution in [0.2, 0.25) is 0 Å². The SMILES string of the molecule is C=CC(C)C1CCCC(O)C1. The van der Waals surface area contributed by atoms with Gasteiger partial charge < -0.3 is 5.11 Å². The first-order valence-corrected chi connectivity index (χ1v) is 4.54. The molecule has 1 nitrogen and oxygen atoms in total. The van der Waals surface area contributed by atoms with E-state index in [1.165, 1.54) is 12.8 Å². The quantitative estimate of drug-likeness (QED) is 0.605. The predicted molar refractivity (Wildman–Crippen MR) is 47.3 cm³/mol. The van der Waals surface area contributed by atoms with Crippen LogP contribution in [0.4, 0.5) is 0 Å². The van der Waals surface area contributed by atoms with Gasteiger partial charge in [-0.05, 0) is 31.1 Å². The van der Waals surface area contributed by atoms with Crippen LogP contribution in [0.3, 0.4) is 0 Å². The van der Waals surface area contributed by atoms with Crippen LogP contribution in [-0.4, -0.2) is 11.2 Å². The van der Waals surface area contributed by atoms with E-state index in [2.05, 4.69) is 13.5 Å². The van der Waals surface area contributed by atoms with Crippen LogP contribution in [0, 0.1) is 11.8 Å². The highest BCUT2D eigenvalue weighted by atomic mass is 16.3. The van der Waals surface area contributed by atoms with Crippen LogP contribution in [0.25, 0.3) is 0 Å². The smallest absolute Gasteiger partial charge is 0.0543 e. The van der Waals surface area contributed by atoms with Gasteiger partial charge in [0.05, 0.1) is 6.10 Å². The van der Waals surface area contributed by atoms with E-state index in [1.54, 1.807) is 0 Å². The Kier molecular flexibility index (Phi) is 3.13. The Morgan fingerprint density at radius 1 is 1.55 bits per heavy atom. The molecular weight excluding hydrogens is 136 g/mol. The molecule has 1 N–H and O–H groups in total. The zero-order valence-corrected chi connectivity index (χ0v) is 7.29. The number of rotatable bonds is 2. The fourth-order valence-electron chi connectivity index (χ4n) is 1.87. The van der Waals surface area contributed by atoms with E-state index in [-0.39, 0.29) is 6.10 Å². The zero-order valence-electron chi connectivity index (χ0n) is 7.29. The first kappa shape index (κ1) is 8.79. The van der Waals surface area contributed by atoms with Crippen molar-refractivity contribution in [2.45, 2.75) is 38.7 Å². The van der Waals surface area contributed by atoms with Crippen molar-refractivity contribution in [3.05, 3.63) is 12.7 Å². The lowest BCUT2D eigenvalue weighted by atomic mass is 9.80. The molecule has 1 aliphatic carbocycles. The number of aliphatic hydroxyl groups excluding tert-OH is 1. The third-order valence-electron chi connectivity index (χ3n) is 2.80. The average Bonchev–Trinajstić information content (AvgIpc) is 2.03. The fourth-order valence-corrected chi connectivity index (χ4v) is 1.87. The largest absolute Gasteiger partial charge is 0.393 e. The Morgan fingerprint density at radius 3 is 2.82 bits per heavy atom. The van der Waals surface area contributed by atoms with Gasteiger partial charge in [-0.3, -0.25) is 0 Å². The van der Waals surface area contributed by atoms with Gasteiger partial charge >= 0.3 is 0 Å². The molecule has 0 aromatic carbocycles. The lowest BCUT2D eigenvalue weighted by Gasteiger charge is -2.28.